The van der Waals surface area contributed by atoms with E-state index in [4.69, 9.17) is 9.47 Å². The average molecular weight is 557 g/mol. The summed E-state index contributed by atoms with van der Waals surface area (Å²) in [6.45, 7) is -0.493. The molecule has 1 aliphatic heterocycles. The first-order valence-corrected chi connectivity index (χ1v) is 11.7. The number of hydrogen-bond acceptors (Lipinski definition) is 11. The van der Waals surface area contributed by atoms with Crippen LogP contribution < -0.4 is 80.2 Å². The number of aromatic amines is 1. The number of aromatic nitrogens is 5. The molecule has 1 unspecified atom stereocenters. The van der Waals surface area contributed by atoms with Gasteiger partial charge in [-0.25, -0.2) is 13.9 Å². The number of aliphatic hydroxyl groups is 2. The van der Waals surface area contributed by atoms with Crippen LogP contribution in [0.2, 0.25) is 0 Å². The number of nitrogens with one attached hydrogen (secondary N) is 1. The van der Waals surface area contributed by atoms with E-state index >= 15 is 0 Å². The summed E-state index contributed by atoms with van der Waals surface area (Å²) in [5, 5.41) is 27.9. The molecule has 0 amide bonds. The molecule has 0 bridgehead atoms. The summed E-state index contributed by atoms with van der Waals surface area (Å²) >= 11 is 0. The zero-order valence-electron chi connectivity index (χ0n) is 19.7. The van der Waals surface area contributed by atoms with E-state index < -0.39 is 55.0 Å². The van der Waals surface area contributed by atoms with E-state index in [-0.39, 0.29) is 83.6 Å². The molecule has 0 radical (unpaired) electrons. The van der Waals surface area contributed by atoms with Gasteiger partial charge in [0, 0.05) is 12.3 Å². The van der Waals surface area contributed by atoms with Crippen molar-refractivity contribution in [1.29, 1.82) is 0 Å². The Kier molecular flexibility index (Phi) is 11.6. The van der Waals surface area contributed by atoms with Crippen LogP contribution in [-0.4, -0.2) is 59.7 Å². The van der Waals surface area contributed by atoms with Crippen molar-refractivity contribution in [3.05, 3.63) is 80.6 Å². The van der Waals surface area contributed by atoms with E-state index in [9.17, 15) is 38.5 Å². The summed E-state index contributed by atoms with van der Waals surface area (Å²) in [6.07, 6.45) is -2.97. The predicted molar refractivity (Wildman–Crippen MR) is 109 cm³/mol. The van der Waals surface area contributed by atoms with Crippen molar-refractivity contribution >= 4 is 7.60 Å². The smallest absolute Gasteiger partial charge is 0.809 e. The second-order valence-corrected chi connectivity index (χ2v) is 9.30. The first-order valence-electron chi connectivity index (χ1n) is 10.1. The van der Waals surface area contributed by atoms with Crippen LogP contribution in [0.25, 0.3) is 0 Å². The van der Waals surface area contributed by atoms with Gasteiger partial charge in [-0.05, 0) is 25.3 Å². The normalized spacial score (nSPS) is 22.2. The maximum atomic E-state index is 13.2. The van der Waals surface area contributed by atoms with Crippen LogP contribution >= 0.6 is 7.60 Å². The van der Waals surface area contributed by atoms with Gasteiger partial charge in [0.05, 0.1) is 19.4 Å². The van der Waals surface area contributed by atoms with Gasteiger partial charge in [0.2, 0.25) is 0 Å². The van der Waals surface area contributed by atoms with E-state index in [1.165, 1.54) is 6.20 Å². The van der Waals surface area contributed by atoms with Crippen molar-refractivity contribution in [3.8, 4) is 0 Å². The number of halogens is 1. The Bertz CT molecular complexity index is 1350. The van der Waals surface area contributed by atoms with Gasteiger partial charge in [-0.3, -0.25) is 14.3 Å². The minimum atomic E-state index is -5.26. The van der Waals surface area contributed by atoms with Gasteiger partial charge in [-0.2, -0.15) is 0 Å². The van der Waals surface area contributed by atoms with Crippen molar-refractivity contribution in [2.24, 2.45) is 0 Å². The van der Waals surface area contributed by atoms with Gasteiger partial charge in [0.25, 0.3) is 5.56 Å². The quantitative estimate of drug-likeness (QED) is 0.175. The number of rotatable bonds is 8. The van der Waals surface area contributed by atoms with Crippen molar-refractivity contribution < 1.29 is 97.5 Å². The average Bonchev–Trinajstić information content (AvgIpc) is 3.34. The number of nitrogens with zero attached hydrogens (tertiary/aromatic N) is 4. The molecule has 14 nitrogen and oxygen atoms in total. The number of H-pyrrole nitrogens is 1. The maximum absolute atomic E-state index is 13.2. The Morgan fingerprint density at radius 1 is 1.16 bits per heavy atom. The SMILES string of the molecule is O=c1ccn([C@@H]2O[C@H](COCc3cn(C(c4ccc(F)cc4)P(=O)([O-])[O-])nn3)[C@@H](O)[C@H]2O)c(=O)[nH]1.[Na+].[Na+]. The van der Waals surface area contributed by atoms with Crippen LogP contribution in [0.5, 0.6) is 0 Å². The number of hydrogen-bond donors (Lipinski definition) is 3. The molecule has 1 aliphatic rings. The van der Waals surface area contributed by atoms with E-state index in [2.05, 4.69) is 10.3 Å². The molecule has 18 heteroatoms. The molecule has 0 aliphatic carbocycles. The molecule has 2 aromatic heterocycles. The van der Waals surface area contributed by atoms with Gasteiger partial charge in [0.1, 0.15) is 35.6 Å². The second-order valence-electron chi connectivity index (χ2n) is 7.73. The molecule has 5 atom stereocenters. The van der Waals surface area contributed by atoms with Crippen LogP contribution in [0, 0.1) is 5.82 Å². The van der Waals surface area contributed by atoms with Crippen LogP contribution in [0.1, 0.15) is 23.3 Å². The fraction of sp³-hybridized carbons (Fsp3) is 0.368. The predicted octanol–water partition coefficient (Wildman–Crippen LogP) is -8.43. The summed E-state index contributed by atoms with van der Waals surface area (Å²) in [4.78, 5) is 48.8. The zero-order chi connectivity index (χ0) is 25.3. The second kappa shape index (κ2) is 13.3. The van der Waals surface area contributed by atoms with Crippen molar-refractivity contribution in [2.75, 3.05) is 6.61 Å². The van der Waals surface area contributed by atoms with Gasteiger partial charge in [0.15, 0.2) is 6.23 Å². The number of ether oxygens (including phenoxy) is 2. The van der Waals surface area contributed by atoms with Crippen LogP contribution in [0.3, 0.4) is 0 Å². The summed E-state index contributed by atoms with van der Waals surface area (Å²) < 4.78 is 37.7. The number of aliphatic hydroxyl groups excluding tert-OH is 2. The Hall–Kier alpha value is -1.04. The molecule has 3 aromatic rings. The molecule has 3 heterocycles. The summed E-state index contributed by atoms with van der Waals surface area (Å²) in [5.41, 5.74) is -1.35. The minimum absolute atomic E-state index is 0. The van der Waals surface area contributed by atoms with Crippen LogP contribution in [0.4, 0.5) is 4.39 Å². The molecular formula is C19H19FN5Na2O9P. The van der Waals surface area contributed by atoms with Crippen LogP contribution in [0.15, 0.2) is 52.3 Å². The fourth-order valence-corrected chi connectivity index (χ4v) is 4.56. The van der Waals surface area contributed by atoms with Crippen molar-refractivity contribution in [2.45, 2.75) is 36.9 Å². The third-order valence-electron chi connectivity index (χ3n) is 5.27. The fourth-order valence-electron chi connectivity index (χ4n) is 3.62. The Balaban J connectivity index is 0.00000241. The molecule has 0 spiro atoms. The molecular weight excluding hydrogens is 538 g/mol. The number of benzene rings is 1. The summed E-state index contributed by atoms with van der Waals surface area (Å²) in [6, 6.07) is 5.37. The largest absolute Gasteiger partial charge is 1.00 e. The Morgan fingerprint density at radius 2 is 1.84 bits per heavy atom. The molecule has 1 fully saturated rings. The van der Waals surface area contributed by atoms with E-state index in [0.717, 1.165) is 45.8 Å². The van der Waals surface area contributed by atoms with Crippen molar-refractivity contribution in [3.63, 3.8) is 0 Å². The van der Waals surface area contributed by atoms with E-state index in [1.54, 1.807) is 0 Å². The Morgan fingerprint density at radius 3 is 2.46 bits per heavy atom. The maximum Gasteiger partial charge on any atom is 1.00 e. The van der Waals surface area contributed by atoms with Gasteiger partial charge < -0.3 is 34.0 Å². The van der Waals surface area contributed by atoms with E-state index in [0.29, 0.717) is 0 Å². The Labute approximate surface area is 252 Å². The first kappa shape index (κ1) is 32.2. The van der Waals surface area contributed by atoms with Crippen LogP contribution in [-0.2, 0) is 20.6 Å². The van der Waals surface area contributed by atoms with Gasteiger partial charge in [-0.15, -0.1) is 5.10 Å². The summed E-state index contributed by atoms with van der Waals surface area (Å²) in [5.74, 6) is -2.36. The van der Waals surface area contributed by atoms with E-state index in [1.807, 2.05) is 4.98 Å². The molecule has 1 saturated heterocycles. The topological polar surface area (TPSA) is 208 Å². The molecule has 1 aromatic carbocycles. The summed E-state index contributed by atoms with van der Waals surface area (Å²) in [7, 11) is -5.26. The molecule has 3 N–H and O–H groups in total. The monoisotopic (exact) mass is 557 g/mol. The molecule has 37 heavy (non-hydrogen) atoms. The standard InChI is InChI=1S/C19H21FN5O9P.2Na/c20-11-3-1-10(2-4-11)18(35(30,31)32)25-7-12(22-23-25)8-33-9-13-15(27)16(28)17(34-13)24-6-5-14(26)21-19(24)29;;/h1-7,13,15-18,27-28H,8-9H2,(H,21,26,29)(H2,30,31,32);;/q;2*+1/p-2/t13-,15-,16-,17-,18?;;/m1../s1. The molecule has 0 saturated carbocycles. The molecule has 4 rings (SSSR count). The third kappa shape index (κ3) is 7.54. The van der Waals surface area contributed by atoms with Gasteiger partial charge in [-0.1, -0.05) is 17.3 Å². The minimum Gasteiger partial charge on any atom is -0.809 e. The molecule has 188 valence electrons. The first-order chi connectivity index (χ1) is 16.5. The van der Waals surface area contributed by atoms with Crippen molar-refractivity contribution in [1.82, 2.24) is 24.5 Å². The van der Waals surface area contributed by atoms with Gasteiger partial charge >= 0.3 is 64.8 Å². The zero-order valence-corrected chi connectivity index (χ0v) is 24.6. The third-order valence-corrected chi connectivity index (χ3v) is 6.40.